The molecule has 1 unspecified atom stereocenters. The van der Waals surface area contributed by atoms with Gasteiger partial charge in [0.05, 0.1) is 13.7 Å². The summed E-state index contributed by atoms with van der Waals surface area (Å²) >= 11 is 0. The van der Waals surface area contributed by atoms with Gasteiger partial charge in [0.2, 0.25) is 0 Å². The maximum Gasteiger partial charge on any atom is 0.330 e. The second kappa shape index (κ2) is 8.30. The van der Waals surface area contributed by atoms with Gasteiger partial charge in [0, 0.05) is 12.7 Å². The molecule has 1 rings (SSSR count). The summed E-state index contributed by atoms with van der Waals surface area (Å²) in [6.45, 7) is 1.49. The Morgan fingerprint density at radius 2 is 2.38 bits per heavy atom. The first-order chi connectivity index (χ1) is 7.83. The summed E-state index contributed by atoms with van der Waals surface area (Å²) in [6, 6.07) is 0. The Bertz CT molecular complexity index is 219. The normalized spacial score (nSPS) is 21.2. The minimum absolute atomic E-state index is 0.0154. The number of ether oxygens (including phenoxy) is 3. The number of carbonyl (C=O) groups is 1. The summed E-state index contributed by atoms with van der Waals surface area (Å²) in [6.07, 6.45) is 8.27. The maximum atomic E-state index is 10.7. The number of rotatable bonds is 6. The zero-order valence-electron chi connectivity index (χ0n) is 9.81. The molecule has 0 radical (unpaired) electrons. The zero-order valence-corrected chi connectivity index (χ0v) is 9.81. The lowest BCUT2D eigenvalue weighted by Gasteiger charge is -2.22. The molecular formula is C12H20O4. The first-order valence-corrected chi connectivity index (χ1v) is 5.80. The number of esters is 1. The Balaban J connectivity index is 1.94. The highest BCUT2D eigenvalue weighted by Gasteiger charge is 2.12. The largest absolute Gasteiger partial charge is 0.466 e. The number of hydrogen-bond donors (Lipinski definition) is 0. The van der Waals surface area contributed by atoms with Crippen molar-refractivity contribution >= 4 is 5.97 Å². The van der Waals surface area contributed by atoms with Crippen LogP contribution >= 0.6 is 0 Å². The summed E-state index contributed by atoms with van der Waals surface area (Å²) in [7, 11) is 1.37. The molecule has 0 N–H and O–H groups in total. The van der Waals surface area contributed by atoms with Crippen LogP contribution in [0.3, 0.4) is 0 Å². The molecule has 0 bridgehead atoms. The lowest BCUT2D eigenvalue weighted by Crippen LogP contribution is -2.22. The lowest BCUT2D eigenvalue weighted by atomic mass is 10.2. The van der Waals surface area contributed by atoms with E-state index in [0.717, 1.165) is 32.3 Å². The number of allylic oxidation sites excluding steroid dienone is 1. The van der Waals surface area contributed by atoms with Gasteiger partial charge in [-0.05, 0) is 32.1 Å². The van der Waals surface area contributed by atoms with Gasteiger partial charge < -0.3 is 14.2 Å². The van der Waals surface area contributed by atoms with Crippen molar-refractivity contribution in [1.29, 1.82) is 0 Å². The van der Waals surface area contributed by atoms with E-state index in [1.807, 2.05) is 0 Å². The second-order valence-corrected chi connectivity index (χ2v) is 3.73. The fraction of sp³-hybridized carbons (Fsp3) is 0.750. The van der Waals surface area contributed by atoms with E-state index < -0.39 is 0 Å². The Hall–Kier alpha value is -0.870. The molecule has 1 aliphatic heterocycles. The second-order valence-electron chi connectivity index (χ2n) is 3.73. The van der Waals surface area contributed by atoms with Crippen LogP contribution in [-0.4, -0.2) is 32.6 Å². The highest BCUT2D eigenvalue weighted by atomic mass is 16.7. The Labute approximate surface area is 96.6 Å². The van der Waals surface area contributed by atoms with E-state index in [2.05, 4.69) is 4.74 Å². The molecule has 1 heterocycles. The van der Waals surface area contributed by atoms with Crippen molar-refractivity contribution in [3.63, 3.8) is 0 Å². The molecule has 1 fully saturated rings. The summed E-state index contributed by atoms with van der Waals surface area (Å²) < 4.78 is 15.4. The van der Waals surface area contributed by atoms with Crippen LogP contribution in [0.1, 0.15) is 32.1 Å². The summed E-state index contributed by atoms with van der Waals surface area (Å²) in [5.41, 5.74) is 0. The smallest absolute Gasteiger partial charge is 0.330 e. The Morgan fingerprint density at radius 1 is 1.50 bits per heavy atom. The minimum Gasteiger partial charge on any atom is -0.466 e. The van der Waals surface area contributed by atoms with Crippen molar-refractivity contribution in [3.05, 3.63) is 12.2 Å². The van der Waals surface area contributed by atoms with E-state index in [9.17, 15) is 4.79 Å². The topological polar surface area (TPSA) is 44.8 Å². The molecule has 4 nitrogen and oxygen atoms in total. The molecule has 0 aromatic carbocycles. The van der Waals surface area contributed by atoms with E-state index in [-0.39, 0.29) is 12.3 Å². The van der Waals surface area contributed by atoms with Crippen LogP contribution in [0, 0.1) is 0 Å². The van der Waals surface area contributed by atoms with E-state index in [1.165, 1.54) is 19.6 Å². The van der Waals surface area contributed by atoms with Gasteiger partial charge in [-0.15, -0.1) is 0 Å². The third-order valence-corrected chi connectivity index (χ3v) is 2.41. The minimum atomic E-state index is -0.309. The first-order valence-electron chi connectivity index (χ1n) is 5.80. The molecule has 92 valence electrons. The Kier molecular flexibility index (Phi) is 6.85. The standard InChI is InChI=1S/C12H20O4/c1-14-11(13)7-3-2-5-9-15-12-8-4-6-10-16-12/h3,7,12H,2,4-6,8-10H2,1H3/b7-3+. The molecular weight excluding hydrogens is 208 g/mol. The van der Waals surface area contributed by atoms with Crippen molar-refractivity contribution in [2.24, 2.45) is 0 Å². The zero-order chi connectivity index (χ0) is 11.6. The molecule has 1 atom stereocenters. The molecule has 1 saturated heterocycles. The quantitative estimate of drug-likeness (QED) is 0.396. The molecule has 0 spiro atoms. The number of hydrogen-bond acceptors (Lipinski definition) is 4. The predicted molar refractivity (Wildman–Crippen MR) is 59.9 cm³/mol. The van der Waals surface area contributed by atoms with Crippen molar-refractivity contribution in [2.75, 3.05) is 20.3 Å². The monoisotopic (exact) mass is 228 g/mol. The molecule has 0 aromatic heterocycles. The number of methoxy groups -OCH3 is 1. The van der Waals surface area contributed by atoms with E-state index in [1.54, 1.807) is 6.08 Å². The van der Waals surface area contributed by atoms with Crippen LogP contribution < -0.4 is 0 Å². The summed E-state index contributed by atoms with van der Waals surface area (Å²) in [5, 5.41) is 0. The average molecular weight is 228 g/mol. The van der Waals surface area contributed by atoms with Crippen LogP contribution in [0.15, 0.2) is 12.2 Å². The predicted octanol–water partition coefficient (Wildman–Crippen LogP) is 2.04. The molecule has 16 heavy (non-hydrogen) atoms. The molecule has 1 aliphatic rings. The summed E-state index contributed by atoms with van der Waals surface area (Å²) in [4.78, 5) is 10.7. The van der Waals surface area contributed by atoms with Gasteiger partial charge in [-0.3, -0.25) is 0 Å². The highest BCUT2D eigenvalue weighted by Crippen LogP contribution is 2.13. The van der Waals surface area contributed by atoms with Gasteiger partial charge in [0.1, 0.15) is 0 Å². The third-order valence-electron chi connectivity index (χ3n) is 2.41. The summed E-state index contributed by atoms with van der Waals surface area (Å²) in [5.74, 6) is -0.309. The van der Waals surface area contributed by atoms with Crippen LogP contribution in [0.2, 0.25) is 0 Å². The molecule has 4 heteroatoms. The van der Waals surface area contributed by atoms with Crippen molar-refractivity contribution < 1.29 is 19.0 Å². The van der Waals surface area contributed by atoms with Crippen molar-refractivity contribution in [3.8, 4) is 0 Å². The SMILES string of the molecule is COC(=O)/C=C/CCCOC1CCCCO1. The molecule has 0 aromatic rings. The first kappa shape index (κ1) is 13.2. The van der Waals surface area contributed by atoms with Gasteiger partial charge in [0.15, 0.2) is 6.29 Å². The molecule has 0 aliphatic carbocycles. The van der Waals surface area contributed by atoms with Gasteiger partial charge >= 0.3 is 5.97 Å². The van der Waals surface area contributed by atoms with Crippen LogP contribution in [0.25, 0.3) is 0 Å². The lowest BCUT2D eigenvalue weighted by molar-refractivity contribution is -0.162. The molecule has 0 saturated carbocycles. The van der Waals surface area contributed by atoms with Gasteiger partial charge in [-0.1, -0.05) is 6.08 Å². The average Bonchev–Trinajstić information content (AvgIpc) is 2.34. The third kappa shape index (κ3) is 5.88. The van der Waals surface area contributed by atoms with E-state index in [4.69, 9.17) is 9.47 Å². The van der Waals surface area contributed by atoms with E-state index in [0.29, 0.717) is 6.61 Å². The van der Waals surface area contributed by atoms with Crippen LogP contribution in [0.4, 0.5) is 0 Å². The van der Waals surface area contributed by atoms with Crippen LogP contribution in [-0.2, 0) is 19.0 Å². The van der Waals surface area contributed by atoms with Crippen LogP contribution in [0.5, 0.6) is 0 Å². The van der Waals surface area contributed by atoms with Gasteiger partial charge in [-0.2, -0.15) is 0 Å². The van der Waals surface area contributed by atoms with Crippen molar-refractivity contribution in [1.82, 2.24) is 0 Å². The fourth-order valence-electron chi connectivity index (χ4n) is 1.51. The van der Waals surface area contributed by atoms with Gasteiger partial charge in [0.25, 0.3) is 0 Å². The fourth-order valence-corrected chi connectivity index (χ4v) is 1.51. The van der Waals surface area contributed by atoms with E-state index >= 15 is 0 Å². The number of unbranched alkanes of at least 4 members (excludes halogenated alkanes) is 1. The van der Waals surface area contributed by atoms with Gasteiger partial charge in [-0.25, -0.2) is 4.79 Å². The molecule has 0 amide bonds. The van der Waals surface area contributed by atoms with Crippen molar-refractivity contribution in [2.45, 2.75) is 38.4 Å². The Morgan fingerprint density at radius 3 is 3.06 bits per heavy atom. The maximum absolute atomic E-state index is 10.7. The highest BCUT2D eigenvalue weighted by molar-refractivity contribution is 5.81. The number of carbonyl (C=O) groups excluding carboxylic acids is 1.